The van der Waals surface area contributed by atoms with Crippen LogP contribution in [0.5, 0.6) is 0 Å². The highest BCUT2D eigenvalue weighted by Crippen LogP contribution is 2.26. The highest BCUT2D eigenvalue weighted by Gasteiger charge is 2.17. The van der Waals surface area contributed by atoms with Gasteiger partial charge in [-0.15, -0.1) is 0 Å². The normalized spacial score (nSPS) is 10.2. The molecule has 6 heteroatoms. The number of rotatable bonds is 2. The lowest BCUT2D eigenvalue weighted by Gasteiger charge is -2.08. The first-order valence-electron chi connectivity index (χ1n) is 3.68. The Bertz CT molecular complexity index is 387. The molecule has 0 aliphatic rings. The van der Waals surface area contributed by atoms with Crippen LogP contribution in [0.15, 0.2) is 6.07 Å². The van der Waals surface area contributed by atoms with E-state index < -0.39 is 18.6 Å². The second kappa shape index (κ2) is 3.98. The van der Waals surface area contributed by atoms with Gasteiger partial charge in [-0.25, -0.2) is 13.8 Å². The minimum absolute atomic E-state index is 0.158. The van der Waals surface area contributed by atoms with Crippen molar-refractivity contribution in [3.8, 4) is 6.07 Å². The molecule has 0 unspecified atom stereocenters. The smallest absolute Gasteiger partial charge is 0.264 e. The highest BCUT2D eigenvalue weighted by molar-refractivity contribution is 5.46. The molecule has 0 amide bonds. The van der Waals surface area contributed by atoms with E-state index in [4.69, 9.17) is 16.1 Å². The first kappa shape index (κ1) is 10.3. The summed E-state index contributed by atoms with van der Waals surface area (Å²) in [6.45, 7) is -0.657. The van der Waals surface area contributed by atoms with Crippen LogP contribution in [0, 0.1) is 11.3 Å². The predicted molar refractivity (Wildman–Crippen MR) is 44.2 cm³/mol. The second-order valence-corrected chi connectivity index (χ2v) is 2.53. The number of aromatic nitrogens is 1. The topological polar surface area (TPSA) is 82.9 Å². The number of aliphatic hydroxyl groups is 1. The maximum Gasteiger partial charge on any atom is 0.264 e. The average molecular weight is 199 g/mol. The maximum atomic E-state index is 12.4. The van der Waals surface area contributed by atoms with Crippen LogP contribution in [0.2, 0.25) is 0 Å². The SMILES string of the molecule is N#Cc1nc(N)cc(C(F)F)c1CO. The van der Waals surface area contributed by atoms with E-state index in [0.29, 0.717) is 0 Å². The molecule has 0 fully saturated rings. The van der Waals surface area contributed by atoms with Crippen molar-refractivity contribution in [2.75, 3.05) is 5.73 Å². The second-order valence-electron chi connectivity index (χ2n) is 2.53. The molecule has 0 aromatic carbocycles. The van der Waals surface area contributed by atoms with Crippen molar-refractivity contribution in [3.63, 3.8) is 0 Å². The molecule has 0 bridgehead atoms. The van der Waals surface area contributed by atoms with Crippen LogP contribution in [-0.4, -0.2) is 10.1 Å². The van der Waals surface area contributed by atoms with E-state index in [-0.39, 0.29) is 17.1 Å². The van der Waals surface area contributed by atoms with E-state index in [1.54, 1.807) is 6.07 Å². The highest BCUT2D eigenvalue weighted by atomic mass is 19.3. The van der Waals surface area contributed by atoms with Gasteiger partial charge >= 0.3 is 0 Å². The van der Waals surface area contributed by atoms with Gasteiger partial charge in [-0.1, -0.05) is 0 Å². The van der Waals surface area contributed by atoms with Gasteiger partial charge in [-0.2, -0.15) is 5.26 Å². The number of hydrogen-bond acceptors (Lipinski definition) is 4. The number of hydrogen-bond donors (Lipinski definition) is 2. The third-order valence-corrected chi connectivity index (χ3v) is 1.68. The van der Waals surface area contributed by atoms with E-state index in [9.17, 15) is 8.78 Å². The van der Waals surface area contributed by atoms with Crippen LogP contribution in [0.4, 0.5) is 14.6 Å². The van der Waals surface area contributed by atoms with E-state index in [2.05, 4.69) is 4.98 Å². The number of nitrogen functional groups attached to an aromatic ring is 1. The number of nitrogens with two attached hydrogens (primary N) is 1. The quantitative estimate of drug-likeness (QED) is 0.743. The Hall–Kier alpha value is -1.74. The fourth-order valence-corrected chi connectivity index (χ4v) is 1.07. The van der Waals surface area contributed by atoms with Crippen molar-refractivity contribution < 1.29 is 13.9 Å². The molecular formula is C8H7F2N3O. The van der Waals surface area contributed by atoms with E-state index >= 15 is 0 Å². The molecule has 4 nitrogen and oxygen atoms in total. The largest absolute Gasteiger partial charge is 0.392 e. The summed E-state index contributed by atoms with van der Waals surface area (Å²) in [4.78, 5) is 3.53. The summed E-state index contributed by atoms with van der Waals surface area (Å²) in [5.74, 6) is -0.158. The summed E-state index contributed by atoms with van der Waals surface area (Å²) in [6, 6.07) is 2.55. The summed E-state index contributed by atoms with van der Waals surface area (Å²) in [5, 5.41) is 17.4. The molecule has 14 heavy (non-hydrogen) atoms. The summed E-state index contributed by atoms with van der Waals surface area (Å²) < 4.78 is 24.8. The van der Waals surface area contributed by atoms with Crippen LogP contribution in [-0.2, 0) is 6.61 Å². The standard InChI is InChI=1S/C8H7F2N3O/c9-8(10)4-1-7(12)13-6(2-11)5(4)3-14/h1,8,14H,3H2,(H2,12,13). The summed E-state index contributed by atoms with van der Waals surface area (Å²) in [5.41, 5.74) is 4.34. The van der Waals surface area contributed by atoms with E-state index in [1.807, 2.05) is 0 Å². The Morgan fingerprint density at radius 1 is 1.64 bits per heavy atom. The minimum atomic E-state index is -2.78. The molecular weight excluding hydrogens is 192 g/mol. The molecule has 74 valence electrons. The number of nitriles is 1. The Labute approximate surface area is 78.6 Å². The molecule has 0 atom stereocenters. The zero-order valence-corrected chi connectivity index (χ0v) is 7.04. The third kappa shape index (κ3) is 1.78. The lowest BCUT2D eigenvalue weighted by atomic mass is 10.1. The molecule has 0 aliphatic heterocycles. The van der Waals surface area contributed by atoms with Crippen LogP contribution in [0.3, 0.4) is 0 Å². The van der Waals surface area contributed by atoms with Crippen molar-refractivity contribution in [3.05, 3.63) is 22.9 Å². The average Bonchev–Trinajstić information content (AvgIpc) is 2.16. The van der Waals surface area contributed by atoms with Crippen molar-refractivity contribution in [2.24, 2.45) is 0 Å². The van der Waals surface area contributed by atoms with Crippen LogP contribution < -0.4 is 5.73 Å². The van der Waals surface area contributed by atoms with Crippen LogP contribution >= 0.6 is 0 Å². The van der Waals surface area contributed by atoms with Crippen molar-refractivity contribution in [1.82, 2.24) is 4.98 Å². The molecule has 1 heterocycles. The molecule has 0 saturated heterocycles. The van der Waals surface area contributed by atoms with Gasteiger partial charge < -0.3 is 10.8 Å². The number of aliphatic hydroxyl groups excluding tert-OH is 1. The minimum Gasteiger partial charge on any atom is -0.392 e. The first-order chi connectivity index (χ1) is 6.60. The fourth-order valence-electron chi connectivity index (χ4n) is 1.07. The molecule has 0 radical (unpaired) electrons. The van der Waals surface area contributed by atoms with Crippen molar-refractivity contribution in [1.29, 1.82) is 5.26 Å². The van der Waals surface area contributed by atoms with Crippen molar-refractivity contribution in [2.45, 2.75) is 13.0 Å². The van der Waals surface area contributed by atoms with Gasteiger partial charge in [0.1, 0.15) is 17.6 Å². The van der Waals surface area contributed by atoms with Crippen LogP contribution in [0.1, 0.15) is 23.2 Å². The lowest BCUT2D eigenvalue weighted by Crippen LogP contribution is -2.04. The number of pyridine rings is 1. The van der Waals surface area contributed by atoms with Crippen molar-refractivity contribution >= 4 is 5.82 Å². The monoisotopic (exact) mass is 199 g/mol. The lowest BCUT2D eigenvalue weighted by molar-refractivity contribution is 0.147. The molecule has 1 aromatic rings. The number of nitrogens with zero attached hydrogens (tertiary/aromatic N) is 2. The predicted octanol–water partition coefficient (Wildman–Crippen LogP) is 0.965. The molecule has 3 N–H and O–H groups in total. The third-order valence-electron chi connectivity index (χ3n) is 1.68. The Morgan fingerprint density at radius 3 is 2.71 bits per heavy atom. The summed E-state index contributed by atoms with van der Waals surface area (Å²) >= 11 is 0. The fraction of sp³-hybridized carbons (Fsp3) is 0.250. The van der Waals surface area contributed by atoms with Gasteiger partial charge in [0.15, 0.2) is 0 Å². The van der Waals surface area contributed by atoms with Gasteiger partial charge in [0.25, 0.3) is 6.43 Å². The van der Waals surface area contributed by atoms with Crippen LogP contribution in [0.25, 0.3) is 0 Å². The molecule has 1 rings (SSSR count). The molecule has 0 aliphatic carbocycles. The zero-order chi connectivity index (χ0) is 10.7. The van der Waals surface area contributed by atoms with Gasteiger partial charge in [0, 0.05) is 11.1 Å². The Morgan fingerprint density at radius 2 is 2.29 bits per heavy atom. The number of alkyl halides is 2. The number of anilines is 1. The van der Waals surface area contributed by atoms with Gasteiger partial charge in [-0.3, -0.25) is 0 Å². The molecule has 1 aromatic heterocycles. The molecule has 0 saturated carbocycles. The first-order valence-corrected chi connectivity index (χ1v) is 3.68. The zero-order valence-electron chi connectivity index (χ0n) is 7.04. The number of halogens is 2. The van der Waals surface area contributed by atoms with Gasteiger partial charge in [0.05, 0.1) is 6.61 Å². The van der Waals surface area contributed by atoms with E-state index in [0.717, 1.165) is 6.07 Å². The Kier molecular flexibility index (Phi) is 2.94. The van der Waals surface area contributed by atoms with Gasteiger partial charge in [0.2, 0.25) is 0 Å². The molecule has 0 spiro atoms. The summed E-state index contributed by atoms with van der Waals surface area (Å²) in [6.07, 6.45) is -2.78. The maximum absolute atomic E-state index is 12.4. The van der Waals surface area contributed by atoms with Gasteiger partial charge in [-0.05, 0) is 6.07 Å². The van der Waals surface area contributed by atoms with E-state index in [1.165, 1.54) is 0 Å². The Balaban J connectivity index is 3.41. The summed E-state index contributed by atoms with van der Waals surface area (Å²) in [7, 11) is 0.